The zero-order valence-electron chi connectivity index (χ0n) is 7.68. The van der Waals surface area contributed by atoms with E-state index in [2.05, 4.69) is 5.32 Å². The molecule has 0 fully saturated rings. The van der Waals surface area contributed by atoms with Gasteiger partial charge in [-0.1, -0.05) is 6.92 Å². The first kappa shape index (κ1) is 10.4. The quantitative estimate of drug-likeness (QED) is 0.590. The van der Waals surface area contributed by atoms with E-state index in [1.807, 2.05) is 20.9 Å². The van der Waals surface area contributed by atoms with Crippen molar-refractivity contribution < 1.29 is 4.79 Å². The minimum absolute atomic E-state index is 0.216. The maximum atomic E-state index is 11.1. The van der Waals surface area contributed by atoms with E-state index >= 15 is 0 Å². The van der Waals surface area contributed by atoms with Crippen LogP contribution in [0.25, 0.3) is 0 Å². The molecule has 0 heterocycles. The SMILES string of the molecule is CCNCCC(=O)N(C)CC. The second-order valence-electron chi connectivity index (χ2n) is 2.51. The molecule has 0 aliphatic heterocycles. The molecule has 1 N–H and O–H groups in total. The molecule has 11 heavy (non-hydrogen) atoms. The predicted octanol–water partition coefficient (Wildman–Crippen LogP) is 0.464. The Morgan fingerprint density at radius 2 is 2.09 bits per heavy atom. The summed E-state index contributed by atoms with van der Waals surface area (Å²) >= 11 is 0. The Morgan fingerprint density at radius 1 is 1.45 bits per heavy atom. The molecule has 3 nitrogen and oxygen atoms in total. The Balaban J connectivity index is 3.36. The Hall–Kier alpha value is -0.570. The highest BCUT2D eigenvalue weighted by Crippen LogP contribution is 1.87. The summed E-state index contributed by atoms with van der Waals surface area (Å²) in [5, 5.41) is 3.11. The third-order valence-corrected chi connectivity index (χ3v) is 1.67. The summed E-state index contributed by atoms with van der Waals surface area (Å²) in [5.74, 6) is 0.216. The average molecular weight is 158 g/mol. The van der Waals surface area contributed by atoms with Crippen LogP contribution in [0.1, 0.15) is 20.3 Å². The molecule has 0 bridgehead atoms. The van der Waals surface area contributed by atoms with Crippen LogP contribution in [0.3, 0.4) is 0 Å². The van der Waals surface area contributed by atoms with E-state index in [-0.39, 0.29) is 5.91 Å². The number of carbonyl (C=O) groups is 1. The lowest BCUT2D eigenvalue weighted by atomic mass is 10.3. The van der Waals surface area contributed by atoms with Crippen LogP contribution in [0.5, 0.6) is 0 Å². The molecule has 0 unspecified atom stereocenters. The summed E-state index contributed by atoms with van der Waals surface area (Å²) in [6.07, 6.45) is 0.609. The summed E-state index contributed by atoms with van der Waals surface area (Å²) in [6, 6.07) is 0. The summed E-state index contributed by atoms with van der Waals surface area (Å²) in [4.78, 5) is 12.9. The first-order chi connectivity index (χ1) is 5.22. The Kier molecular flexibility index (Phi) is 5.84. The van der Waals surface area contributed by atoms with Gasteiger partial charge < -0.3 is 10.2 Å². The van der Waals surface area contributed by atoms with Crippen LogP contribution in [0.4, 0.5) is 0 Å². The van der Waals surface area contributed by atoms with Crippen molar-refractivity contribution in [1.29, 1.82) is 0 Å². The topological polar surface area (TPSA) is 32.3 Å². The van der Waals surface area contributed by atoms with Gasteiger partial charge in [0.05, 0.1) is 0 Å². The van der Waals surface area contributed by atoms with Crippen LogP contribution in [0.15, 0.2) is 0 Å². The smallest absolute Gasteiger partial charge is 0.223 e. The second kappa shape index (κ2) is 6.16. The normalized spacial score (nSPS) is 9.73. The molecule has 0 rings (SSSR count). The van der Waals surface area contributed by atoms with Gasteiger partial charge in [-0.15, -0.1) is 0 Å². The van der Waals surface area contributed by atoms with Gasteiger partial charge in [0, 0.05) is 26.6 Å². The van der Waals surface area contributed by atoms with Crippen molar-refractivity contribution >= 4 is 5.91 Å². The van der Waals surface area contributed by atoms with E-state index in [0.717, 1.165) is 19.6 Å². The fraction of sp³-hybridized carbons (Fsp3) is 0.875. The number of nitrogens with one attached hydrogen (secondary N) is 1. The molecule has 0 aliphatic carbocycles. The lowest BCUT2D eigenvalue weighted by molar-refractivity contribution is -0.129. The number of rotatable bonds is 5. The van der Waals surface area contributed by atoms with Crippen molar-refractivity contribution in [2.24, 2.45) is 0 Å². The van der Waals surface area contributed by atoms with E-state index in [0.29, 0.717) is 6.42 Å². The number of hydrogen-bond donors (Lipinski definition) is 1. The maximum Gasteiger partial charge on any atom is 0.223 e. The minimum Gasteiger partial charge on any atom is -0.346 e. The van der Waals surface area contributed by atoms with Gasteiger partial charge in [-0.2, -0.15) is 0 Å². The van der Waals surface area contributed by atoms with Gasteiger partial charge in [-0.25, -0.2) is 0 Å². The highest BCUT2D eigenvalue weighted by Gasteiger charge is 2.03. The molecule has 3 heteroatoms. The Labute approximate surface area is 68.8 Å². The highest BCUT2D eigenvalue weighted by molar-refractivity contribution is 5.75. The standard InChI is InChI=1S/C8H18N2O/c1-4-9-7-6-8(11)10(3)5-2/h9H,4-7H2,1-3H3. The number of nitrogens with zero attached hydrogens (tertiary/aromatic N) is 1. The van der Waals surface area contributed by atoms with Crippen LogP contribution in [-0.2, 0) is 4.79 Å². The van der Waals surface area contributed by atoms with E-state index in [1.165, 1.54) is 0 Å². The van der Waals surface area contributed by atoms with Gasteiger partial charge in [0.25, 0.3) is 0 Å². The van der Waals surface area contributed by atoms with Gasteiger partial charge in [0.2, 0.25) is 5.91 Å². The predicted molar refractivity (Wildman–Crippen MR) is 46.5 cm³/mol. The Morgan fingerprint density at radius 3 is 2.55 bits per heavy atom. The summed E-state index contributed by atoms with van der Waals surface area (Å²) in [7, 11) is 1.83. The molecule has 1 amide bonds. The number of carbonyl (C=O) groups excluding carboxylic acids is 1. The molecule has 0 aromatic rings. The fourth-order valence-electron chi connectivity index (χ4n) is 0.739. The van der Waals surface area contributed by atoms with E-state index in [9.17, 15) is 4.79 Å². The zero-order chi connectivity index (χ0) is 8.69. The van der Waals surface area contributed by atoms with Crippen LogP contribution in [0, 0.1) is 0 Å². The van der Waals surface area contributed by atoms with Crippen molar-refractivity contribution in [1.82, 2.24) is 10.2 Å². The molecular weight excluding hydrogens is 140 g/mol. The van der Waals surface area contributed by atoms with Crippen LogP contribution in [0.2, 0.25) is 0 Å². The molecule has 0 aliphatic rings. The molecule has 0 atom stereocenters. The minimum atomic E-state index is 0.216. The van der Waals surface area contributed by atoms with E-state index < -0.39 is 0 Å². The molecule has 0 spiro atoms. The average Bonchev–Trinajstić information content (AvgIpc) is 2.03. The first-order valence-electron chi connectivity index (χ1n) is 4.17. The molecule has 0 saturated carbocycles. The monoisotopic (exact) mass is 158 g/mol. The lowest BCUT2D eigenvalue weighted by Gasteiger charge is -2.13. The van der Waals surface area contributed by atoms with Crippen LogP contribution < -0.4 is 5.32 Å². The van der Waals surface area contributed by atoms with Crippen molar-refractivity contribution in [3.05, 3.63) is 0 Å². The van der Waals surface area contributed by atoms with Crippen LogP contribution in [-0.4, -0.2) is 37.5 Å². The molecule has 66 valence electrons. The largest absolute Gasteiger partial charge is 0.346 e. The van der Waals surface area contributed by atoms with Crippen molar-refractivity contribution in [3.63, 3.8) is 0 Å². The summed E-state index contributed by atoms with van der Waals surface area (Å²) in [6.45, 7) is 6.53. The van der Waals surface area contributed by atoms with Gasteiger partial charge in [0.1, 0.15) is 0 Å². The molecule has 0 aromatic carbocycles. The van der Waals surface area contributed by atoms with Gasteiger partial charge in [-0.3, -0.25) is 4.79 Å². The highest BCUT2D eigenvalue weighted by atomic mass is 16.2. The van der Waals surface area contributed by atoms with Gasteiger partial charge in [0.15, 0.2) is 0 Å². The third kappa shape index (κ3) is 4.79. The molecule has 0 aromatic heterocycles. The molecule has 0 saturated heterocycles. The second-order valence-corrected chi connectivity index (χ2v) is 2.51. The summed E-state index contributed by atoms with van der Waals surface area (Å²) < 4.78 is 0. The van der Waals surface area contributed by atoms with E-state index in [4.69, 9.17) is 0 Å². The third-order valence-electron chi connectivity index (χ3n) is 1.67. The van der Waals surface area contributed by atoms with Crippen molar-refractivity contribution in [2.45, 2.75) is 20.3 Å². The van der Waals surface area contributed by atoms with E-state index in [1.54, 1.807) is 4.90 Å². The Bertz CT molecular complexity index is 115. The molecule has 0 radical (unpaired) electrons. The van der Waals surface area contributed by atoms with Gasteiger partial charge >= 0.3 is 0 Å². The number of amides is 1. The summed E-state index contributed by atoms with van der Waals surface area (Å²) in [5.41, 5.74) is 0. The fourth-order valence-corrected chi connectivity index (χ4v) is 0.739. The van der Waals surface area contributed by atoms with Crippen LogP contribution >= 0.6 is 0 Å². The molecular formula is C8H18N2O. The van der Waals surface area contributed by atoms with Crippen molar-refractivity contribution in [2.75, 3.05) is 26.7 Å². The lowest BCUT2D eigenvalue weighted by Crippen LogP contribution is -2.29. The maximum absolute atomic E-state index is 11.1. The van der Waals surface area contributed by atoms with Crippen molar-refractivity contribution in [3.8, 4) is 0 Å². The van der Waals surface area contributed by atoms with Gasteiger partial charge in [-0.05, 0) is 13.5 Å². The zero-order valence-corrected chi connectivity index (χ0v) is 7.68. The number of hydrogen-bond acceptors (Lipinski definition) is 2. The first-order valence-corrected chi connectivity index (χ1v) is 4.17.